The number of phenols is 2. The molecule has 28 heteroatoms. The van der Waals surface area contributed by atoms with Crippen LogP contribution in [0.3, 0.4) is 0 Å². The van der Waals surface area contributed by atoms with E-state index in [1.54, 1.807) is 0 Å². The van der Waals surface area contributed by atoms with Crippen LogP contribution >= 0.6 is 0 Å². The molecule has 2 aromatic rings. The molecule has 0 amide bonds. The van der Waals surface area contributed by atoms with E-state index in [0.717, 1.165) is 0 Å². The number of phenolic OH excluding ortho intramolecular Hbond substituents is 2. The van der Waals surface area contributed by atoms with Gasteiger partial charge in [-0.1, -0.05) is 24.3 Å². The Hall–Kier alpha value is -3.78. The average Bonchev–Trinajstić information content (AvgIpc) is 2.95. The van der Waals surface area contributed by atoms with Gasteiger partial charge in [-0.3, -0.25) is 0 Å². The zero-order valence-electron chi connectivity index (χ0n) is 23.2. The fraction of sp³-hybridized carbons (Fsp3) is 0.500. The van der Waals surface area contributed by atoms with Crippen LogP contribution in [0.2, 0.25) is 0 Å². The van der Waals surface area contributed by atoms with Gasteiger partial charge in [0.2, 0.25) is 0 Å². The molecule has 0 radical (unpaired) electrons. The first-order chi connectivity index (χ1) is 22.5. The summed E-state index contributed by atoms with van der Waals surface area (Å²) in [5.41, 5.74) is -8.59. The Kier molecular flexibility index (Phi) is 10.1. The Morgan fingerprint density at radius 2 is 0.500 bits per heavy atom. The molecule has 0 bridgehead atoms. The van der Waals surface area contributed by atoms with Gasteiger partial charge in [0.15, 0.2) is 0 Å². The lowest BCUT2D eigenvalue weighted by Crippen LogP contribution is -2.69. The van der Waals surface area contributed by atoms with Crippen LogP contribution in [0.15, 0.2) is 36.4 Å². The van der Waals surface area contributed by atoms with Crippen LogP contribution in [0.5, 0.6) is 11.5 Å². The third-order valence-corrected chi connectivity index (χ3v) is 6.88. The number of rotatable bonds is 11. The highest BCUT2D eigenvalue weighted by atomic mass is 19.4. The lowest BCUT2D eigenvalue weighted by molar-refractivity contribution is -0.441. The number of alkyl halides is 26. The Morgan fingerprint density at radius 1 is 0.288 bits per heavy atom. The molecule has 0 aliphatic heterocycles. The lowest BCUT2D eigenvalue weighted by Gasteiger charge is -2.39. The second-order valence-corrected chi connectivity index (χ2v) is 10.2. The highest BCUT2D eigenvalue weighted by molar-refractivity contribution is 5.76. The fourth-order valence-electron chi connectivity index (χ4n) is 3.81. The summed E-state index contributed by atoms with van der Waals surface area (Å²) >= 11 is 0. The number of benzene rings is 2. The van der Waals surface area contributed by atoms with Crippen molar-refractivity contribution in [2.24, 2.45) is 0 Å². The van der Waals surface area contributed by atoms with Crippen LogP contribution in [0.4, 0.5) is 114 Å². The van der Waals surface area contributed by atoms with E-state index < -0.39 is 130 Å². The Labute approximate surface area is 267 Å². The maximum Gasteiger partial charge on any atom is 0.460 e. The Morgan fingerprint density at radius 3 is 0.692 bits per heavy atom. The minimum Gasteiger partial charge on any atom is -0.507 e. The van der Waals surface area contributed by atoms with Gasteiger partial charge >= 0.3 is 71.6 Å². The van der Waals surface area contributed by atoms with Crippen LogP contribution < -0.4 is 0 Å². The predicted octanol–water partition coefficient (Wildman–Crippen LogP) is 11.2. The van der Waals surface area contributed by atoms with E-state index in [1.165, 1.54) is 0 Å². The third-order valence-electron chi connectivity index (χ3n) is 6.88. The van der Waals surface area contributed by atoms with Gasteiger partial charge in [-0.05, 0) is 12.1 Å². The molecule has 0 aliphatic carbocycles. The fourth-order valence-corrected chi connectivity index (χ4v) is 3.81. The molecular weight excluding hydrogens is 814 g/mol. The van der Waals surface area contributed by atoms with Crippen LogP contribution in [-0.4, -0.2) is 69.9 Å². The molecule has 0 saturated heterocycles. The summed E-state index contributed by atoms with van der Waals surface area (Å²) in [6.45, 7) is 0. The molecule has 2 aromatic carbocycles. The molecule has 2 N–H and O–H groups in total. The number of hydrogen-bond acceptors (Lipinski definition) is 2. The van der Waals surface area contributed by atoms with Gasteiger partial charge in [0, 0.05) is 22.3 Å². The van der Waals surface area contributed by atoms with Crippen molar-refractivity contribution in [3.8, 4) is 22.6 Å². The van der Waals surface area contributed by atoms with Gasteiger partial charge in [-0.25, -0.2) is 0 Å². The summed E-state index contributed by atoms with van der Waals surface area (Å²) in [6.07, 6.45) is -15.5. The Balaban J connectivity index is 2.64. The maximum atomic E-state index is 14.4. The van der Waals surface area contributed by atoms with E-state index in [-0.39, 0.29) is 12.1 Å². The monoisotopic (exact) mass is 822 g/mol. The molecule has 0 spiro atoms. The summed E-state index contributed by atoms with van der Waals surface area (Å²) < 4.78 is 349. The predicted molar refractivity (Wildman–Crippen MR) is 115 cm³/mol. The van der Waals surface area contributed by atoms with Gasteiger partial charge in [0.05, 0.1) is 0 Å². The number of hydrogen-bond donors (Lipinski definition) is 2. The summed E-state index contributed by atoms with van der Waals surface area (Å²) in [5.74, 6) is -83.6. The number of aromatic hydroxyl groups is 2. The van der Waals surface area contributed by atoms with Crippen molar-refractivity contribution in [1.29, 1.82) is 0 Å². The maximum absolute atomic E-state index is 14.4. The summed E-state index contributed by atoms with van der Waals surface area (Å²) in [6, 6.07) is -3.75. The molecule has 0 heterocycles. The SMILES string of the molecule is Oc1cc(C(F)(F)C(F)(F)C(F)(F)C(F)(F)C(F)(F)C(F)(F)F)ccc1-c1ccc(C(F)(F)C(F)(F)C(F)(F)C(F)(F)C(F)(F)C(F)(F)F)cc1O. The minimum absolute atomic E-state index is 0.315. The van der Waals surface area contributed by atoms with Gasteiger partial charge in [0.1, 0.15) is 11.5 Å². The van der Waals surface area contributed by atoms with Crippen molar-refractivity contribution < 1.29 is 124 Å². The topological polar surface area (TPSA) is 40.5 Å². The second kappa shape index (κ2) is 11.9. The van der Waals surface area contributed by atoms with E-state index in [4.69, 9.17) is 0 Å². The van der Waals surface area contributed by atoms with Gasteiger partial charge in [-0.2, -0.15) is 114 Å². The standard InChI is InChI=1S/C24H8F26O2/c25-13(26,15(29,30)17(33,34)19(37,38)21(41,42)23(45,46)47)7-1-3-9(11(51)5-7)10-4-2-8(6-12(10)52)14(27,28)16(31,32)18(35,36)20(39,40)22(43,44)24(48,49)50/h1-6,51-52H. The largest absolute Gasteiger partial charge is 0.507 e. The zero-order valence-corrected chi connectivity index (χ0v) is 23.2. The van der Waals surface area contributed by atoms with Crippen molar-refractivity contribution in [2.75, 3.05) is 0 Å². The molecule has 2 rings (SSSR count). The molecule has 2 nitrogen and oxygen atoms in total. The van der Waals surface area contributed by atoms with Crippen molar-refractivity contribution >= 4 is 0 Å². The molecule has 0 atom stereocenters. The van der Waals surface area contributed by atoms with Gasteiger partial charge in [0.25, 0.3) is 0 Å². The molecule has 52 heavy (non-hydrogen) atoms. The summed E-state index contributed by atoms with van der Waals surface area (Å²) in [7, 11) is 0. The van der Waals surface area contributed by atoms with Crippen molar-refractivity contribution in [3.63, 3.8) is 0 Å². The van der Waals surface area contributed by atoms with E-state index in [0.29, 0.717) is 0 Å². The van der Waals surface area contributed by atoms with Crippen LogP contribution in [-0.2, 0) is 11.8 Å². The number of halogens is 26. The lowest BCUT2D eigenvalue weighted by atomic mass is 9.88. The molecule has 298 valence electrons. The minimum atomic E-state index is -8.33. The van der Waals surface area contributed by atoms with Crippen LogP contribution in [0, 0.1) is 0 Å². The first kappa shape index (κ1) is 44.4. The van der Waals surface area contributed by atoms with Crippen LogP contribution in [0.1, 0.15) is 11.1 Å². The third kappa shape index (κ3) is 5.75. The van der Waals surface area contributed by atoms with Gasteiger partial charge in [-0.15, -0.1) is 0 Å². The zero-order chi connectivity index (χ0) is 41.7. The summed E-state index contributed by atoms with van der Waals surface area (Å²) in [5, 5.41) is 19.8. The van der Waals surface area contributed by atoms with E-state index in [1.807, 2.05) is 0 Å². The highest BCUT2D eigenvalue weighted by Gasteiger charge is 2.92. The molecule has 0 saturated carbocycles. The second-order valence-electron chi connectivity index (χ2n) is 10.2. The molecule has 0 aromatic heterocycles. The summed E-state index contributed by atoms with van der Waals surface area (Å²) in [4.78, 5) is 0. The van der Waals surface area contributed by atoms with E-state index >= 15 is 0 Å². The Bertz CT molecular complexity index is 1530. The first-order valence-electron chi connectivity index (χ1n) is 12.1. The van der Waals surface area contributed by atoms with Crippen molar-refractivity contribution in [2.45, 2.75) is 71.6 Å². The smallest absolute Gasteiger partial charge is 0.460 e. The molecule has 0 unspecified atom stereocenters. The normalized spacial score (nSPS) is 15.7. The first-order valence-corrected chi connectivity index (χ1v) is 12.1. The van der Waals surface area contributed by atoms with Gasteiger partial charge < -0.3 is 10.2 Å². The molecule has 0 fully saturated rings. The molecular formula is C24H8F26O2. The van der Waals surface area contributed by atoms with Crippen molar-refractivity contribution in [1.82, 2.24) is 0 Å². The quantitative estimate of drug-likeness (QED) is 0.222. The van der Waals surface area contributed by atoms with E-state index in [9.17, 15) is 124 Å². The molecule has 0 aliphatic rings. The van der Waals surface area contributed by atoms with Crippen molar-refractivity contribution in [3.05, 3.63) is 47.5 Å². The highest BCUT2D eigenvalue weighted by Crippen LogP contribution is 2.64. The van der Waals surface area contributed by atoms with Crippen LogP contribution in [0.25, 0.3) is 11.1 Å². The van der Waals surface area contributed by atoms with E-state index in [2.05, 4.69) is 0 Å². The average molecular weight is 822 g/mol.